The summed E-state index contributed by atoms with van der Waals surface area (Å²) >= 11 is 0. The van der Waals surface area contributed by atoms with E-state index in [1.165, 1.54) is 0 Å². The number of hydrogen-bond acceptors (Lipinski definition) is 4. The fourth-order valence-electron chi connectivity index (χ4n) is 3.18. The van der Waals surface area contributed by atoms with Crippen molar-refractivity contribution >= 4 is 27.7 Å². The van der Waals surface area contributed by atoms with E-state index in [0.29, 0.717) is 11.5 Å². The molecular formula is C16H17N5O. The Morgan fingerprint density at radius 1 is 1.27 bits per heavy atom. The van der Waals surface area contributed by atoms with Crippen molar-refractivity contribution in [1.82, 2.24) is 20.3 Å². The minimum atomic E-state index is -0.432. The van der Waals surface area contributed by atoms with Gasteiger partial charge in [-0.2, -0.15) is 0 Å². The Morgan fingerprint density at radius 2 is 2.09 bits per heavy atom. The van der Waals surface area contributed by atoms with E-state index < -0.39 is 5.91 Å². The number of nitrogens with two attached hydrogens (primary N) is 1. The normalized spacial score (nSPS) is 16.4. The van der Waals surface area contributed by atoms with Crippen molar-refractivity contribution in [3.63, 3.8) is 0 Å². The van der Waals surface area contributed by atoms with E-state index in [2.05, 4.69) is 15.3 Å². The number of hydrogen-bond donors (Lipinski definition) is 3. The molecule has 0 atom stereocenters. The van der Waals surface area contributed by atoms with Crippen molar-refractivity contribution < 1.29 is 4.79 Å². The molecule has 0 saturated carbocycles. The lowest BCUT2D eigenvalue weighted by Gasteiger charge is -2.21. The monoisotopic (exact) mass is 295 g/mol. The number of amides is 1. The molecule has 1 aliphatic rings. The molecule has 0 radical (unpaired) electrons. The van der Waals surface area contributed by atoms with Gasteiger partial charge in [0.1, 0.15) is 5.82 Å². The van der Waals surface area contributed by atoms with Gasteiger partial charge in [-0.25, -0.2) is 9.97 Å². The molecule has 6 heteroatoms. The van der Waals surface area contributed by atoms with Gasteiger partial charge in [0.25, 0.3) is 5.91 Å². The first-order chi connectivity index (χ1) is 10.7. The van der Waals surface area contributed by atoms with Crippen molar-refractivity contribution in [3.8, 4) is 0 Å². The average Bonchev–Trinajstić information content (AvgIpc) is 3.00. The van der Waals surface area contributed by atoms with E-state index in [0.717, 1.165) is 53.6 Å². The number of H-pyrrole nitrogens is 1. The Bertz CT molecular complexity index is 863. The molecule has 6 nitrogen and oxygen atoms in total. The van der Waals surface area contributed by atoms with Gasteiger partial charge in [0.05, 0.1) is 16.6 Å². The molecule has 0 unspecified atom stereocenters. The average molecular weight is 295 g/mol. The third-order valence-electron chi connectivity index (χ3n) is 4.39. The van der Waals surface area contributed by atoms with Gasteiger partial charge in [0, 0.05) is 29.1 Å². The highest BCUT2D eigenvalue weighted by molar-refractivity contribution is 6.12. The Kier molecular flexibility index (Phi) is 3.04. The summed E-state index contributed by atoms with van der Waals surface area (Å²) in [6.07, 6.45) is 5.63. The smallest absolute Gasteiger partial charge is 0.250 e. The zero-order valence-corrected chi connectivity index (χ0v) is 12.1. The van der Waals surface area contributed by atoms with Gasteiger partial charge < -0.3 is 16.0 Å². The number of piperidine rings is 1. The number of rotatable bonds is 2. The lowest BCUT2D eigenvalue weighted by molar-refractivity contribution is 0.100. The summed E-state index contributed by atoms with van der Waals surface area (Å²) in [6, 6.07) is 3.83. The van der Waals surface area contributed by atoms with Gasteiger partial charge in [-0.15, -0.1) is 0 Å². The molecule has 1 fully saturated rings. The van der Waals surface area contributed by atoms with Crippen LogP contribution in [0.15, 0.2) is 24.5 Å². The van der Waals surface area contributed by atoms with Crippen LogP contribution in [0.25, 0.3) is 21.8 Å². The predicted octanol–water partition coefficient (Wildman–Crippen LogP) is 1.68. The molecule has 0 aliphatic carbocycles. The maximum atomic E-state index is 11.5. The van der Waals surface area contributed by atoms with E-state index in [-0.39, 0.29) is 0 Å². The highest BCUT2D eigenvalue weighted by Gasteiger charge is 2.19. The van der Waals surface area contributed by atoms with Gasteiger partial charge in [0.2, 0.25) is 0 Å². The summed E-state index contributed by atoms with van der Waals surface area (Å²) in [4.78, 5) is 23.9. The van der Waals surface area contributed by atoms with Crippen LogP contribution in [0.3, 0.4) is 0 Å². The number of carbonyl (C=O) groups is 1. The molecule has 1 amide bonds. The predicted molar refractivity (Wildman–Crippen MR) is 84.8 cm³/mol. The largest absolute Gasteiger partial charge is 0.366 e. The molecule has 1 aromatic carbocycles. The number of carbonyl (C=O) groups excluding carboxylic acids is 1. The van der Waals surface area contributed by atoms with Crippen molar-refractivity contribution in [1.29, 1.82) is 0 Å². The summed E-state index contributed by atoms with van der Waals surface area (Å²) in [7, 11) is 0. The molecule has 1 aliphatic heterocycles. The minimum absolute atomic E-state index is 0.395. The Hall–Kier alpha value is -2.47. The Morgan fingerprint density at radius 3 is 2.86 bits per heavy atom. The Balaban J connectivity index is 1.89. The van der Waals surface area contributed by atoms with Gasteiger partial charge >= 0.3 is 0 Å². The van der Waals surface area contributed by atoms with Crippen molar-refractivity contribution in [3.05, 3.63) is 35.9 Å². The first-order valence-electron chi connectivity index (χ1n) is 7.51. The van der Waals surface area contributed by atoms with Gasteiger partial charge in [-0.05, 0) is 25.9 Å². The van der Waals surface area contributed by atoms with Crippen molar-refractivity contribution in [2.24, 2.45) is 5.73 Å². The summed E-state index contributed by atoms with van der Waals surface area (Å²) in [5.41, 5.74) is 7.62. The fourth-order valence-corrected chi connectivity index (χ4v) is 3.18. The second-order valence-electron chi connectivity index (χ2n) is 5.75. The third kappa shape index (κ3) is 2.03. The maximum absolute atomic E-state index is 11.5. The molecule has 4 N–H and O–H groups in total. The molecule has 1 saturated heterocycles. The van der Waals surface area contributed by atoms with Gasteiger partial charge in [-0.3, -0.25) is 4.79 Å². The van der Waals surface area contributed by atoms with E-state index in [1.54, 1.807) is 6.20 Å². The molecule has 2 aromatic heterocycles. The van der Waals surface area contributed by atoms with Crippen LogP contribution in [0.4, 0.5) is 0 Å². The highest BCUT2D eigenvalue weighted by atomic mass is 16.1. The van der Waals surface area contributed by atoms with E-state index in [4.69, 9.17) is 10.7 Å². The summed E-state index contributed by atoms with van der Waals surface area (Å²) in [5.74, 6) is 0.849. The zero-order valence-electron chi connectivity index (χ0n) is 12.1. The second kappa shape index (κ2) is 5.06. The molecule has 3 aromatic rings. The zero-order chi connectivity index (χ0) is 15.1. The van der Waals surface area contributed by atoms with Crippen LogP contribution in [-0.4, -0.2) is 33.9 Å². The van der Waals surface area contributed by atoms with Gasteiger partial charge in [-0.1, -0.05) is 12.1 Å². The molecule has 3 heterocycles. The number of aromatic amines is 1. The first-order valence-corrected chi connectivity index (χ1v) is 7.51. The summed E-state index contributed by atoms with van der Waals surface area (Å²) in [5, 5.41) is 5.13. The standard InChI is InChI=1S/C16H17N5O/c17-15(22)12-8-19-14-11(12)2-1-10-7-20-16(21-13(10)14)9-3-5-18-6-4-9/h1-2,7-9,18-19H,3-6H2,(H2,17,22). The summed E-state index contributed by atoms with van der Waals surface area (Å²) in [6.45, 7) is 2.01. The third-order valence-corrected chi connectivity index (χ3v) is 4.39. The number of aromatic nitrogens is 3. The Labute approximate surface area is 127 Å². The molecule has 0 bridgehead atoms. The number of primary amides is 1. The van der Waals surface area contributed by atoms with Crippen LogP contribution in [0.1, 0.15) is 34.9 Å². The van der Waals surface area contributed by atoms with E-state index in [1.807, 2.05) is 18.3 Å². The van der Waals surface area contributed by atoms with Crippen LogP contribution in [0.5, 0.6) is 0 Å². The van der Waals surface area contributed by atoms with Crippen LogP contribution >= 0.6 is 0 Å². The molecular weight excluding hydrogens is 278 g/mol. The fraction of sp³-hybridized carbons (Fsp3) is 0.312. The maximum Gasteiger partial charge on any atom is 0.250 e. The number of nitrogens with zero attached hydrogens (tertiary/aromatic N) is 2. The number of fused-ring (bicyclic) bond motifs is 3. The topological polar surface area (TPSA) is 96.7 Å². The molecule has 22 heavy (non-hydrogen) atoms. The van der Waals surface area contributed by atoms with Crippen molar-refractivity contribution in [2.45, 2.75) is 18.8 Å². The van der Waals surface area contributed by atoms with Gasteiger partial charge in [0.15, 0.2) is 0 Å². The quantitative estimate of drug-likeness (QED) is 0.670. The van der Waals surface area contributed by atoms with Crippen LogP contribution < -0.4 is 11.1 Å². The van der Waals surface area contributed by atoms with E-state index in [9.17, 15) is 4.79 Å². The number of nitrogens with one attached hydrogen (secondary N) is 2. The second-order valence-corrected chi connectivity index (χ2v) is 5.75. The minimum Gasteiger partial charge on any atom is -0.366 e. The molecule has 0 spiro atoms. The van der Waals surface area contributed by atoms with Crippen molar-refractivity contribution in [2.75, 3.05) is 13.1 Å². The van der Waals surface area contributed by atoms with Crippen LogP contribution in [0, 0.1) is 0 Å². The van der Waals surface area contributed by atoms with E-state index >= 15 is 0 Å². The SMILES string of the molecule is NC(=O)c1c[nH]c2c1ccc1cnc(C3CCNCC3)nc12. The van der Waals surface area contributed by atoms with Crippen LogP contribution in [0.2, 0.25) is 0 Å². The number of benzene rings is 1. The van der Waals surface area contributed by atoms with Crippen LogP contribution in [-0.2, 0) is 0 Å². The lowest BCUT2D eigenvalue weighted by Crippen LogP contribution is -2.27. The highest BCUT2D eigenvalue weighted by Crippen LogP contribution is 2.28. The lowest BCUT2D eigenvalue weighted by atomic mass is 9.97. The summed E-state index contributed by atoms with van der Waals surface area (Å²) < 4.78 is 0. The first kappa shape index (κ1) is 13.2. The molecule has 112 valence electrons. The molecule has 4 rings (SSSR count).